The quantitative estimate of drug-likeness (QED) is 0.929. The van der Waals surface area contributed by atoms with Gasteiger partial charge < -0.3 is 14.6 Å². The first-order valence-electron chi connectivity index (χ1n) is 7.58. The Bertz CT molecular complexity index is 617. The summed E-state index contributed by atoms with van der Waals surface area (Å²) in [6, 6.07) is 6.04. The fourth-order valence-electron chi connectivity index (χ4n) is 3.22. The first-order chi connectivity index (χ1) is 9.81. The van der Waals surface area contributed by atoms with Gasteiger partial charge in [0.25, 0.3) is 0 Å². The standard InChI is InChI=1S/C16H21N3O/c1-20-13-4-5-14-15(8-13)18-16(17-14)12-6-7-19(10-12)9-11-2-3-11/h4-5,8,11-12H,2-3,6-7,9-10H2,1H3,(H,17,18)/t12-/m0/s1. The van der Waals surface area contributed by atoms with Gasteiger partial charge in [-0.2, -0.15) is 0 Å². The molecule has 1 aliphatic carbocycles. The molecule has 4 heteroatoms. The Kier molecular flexibility index (Phi) is 2.91. The Morgan fingerprint density at radius 2 is 2.25 bits per heavy atom. The highest BCUT2D eigenvalue weighted by molar-refractivity contribution is 5.76. The lowest BCUT2D eigenvalue weighted by atomic mass is 10.1. The van der Waals surface area contributed by atoms with Gasteiger partial charge in [0.2, 0.25) is 0 Å². The largest absolute Gasteiger partial charge is 0.497 e. The van der Waals surface area contributed by atoms with Crippen molar-refractivity contribution in [2.24, 2.45) is 5.92 Å². The molecule has 0 radical (unpaired) electrons. The molecule has 106 valence electrons. The van der Waals surface area contributed by atoms with E-state index in [0.717, 1.165) is 35.1 Å². The van der Waals surface area contributed by atoms with E-state index in [1.54, 1.807) is 7.11 Å². The molecule has 1 aliphatic heterocycles. The summed E-state index contributed by atoms with van der Waals surface area (Å²) in [6.07, 6.45) is 4.10. The third-order valence-corrected chi connectivity index (χ3v) is 4.58. The summed E-state index contributed by atoms with van der Waals surface area (Å²) in [4.78, 5) is 10.9. The van der Waals surface area contributed by atoms with Crippen LogP contribution in [0.1, 0.15) is 31.0 Å². The maximum Gasteiger partial charge on any atom is 0.121 e. The maximum absolute atomic E-state index is 5.27. The molecule has 2 aromatic rings. The predicted molar refractivity (Wildman–Crippen MR) is 79.2 cm³/mol. The Morgan fingerprint density at radius 1 is 1.35 bits per heavy atom. The minimum Gasteiger partial charge on any atom is -0.497 e. The van der Waals surface area contributed by atoms with Crippen LogP contribution in [0.2, 0.25) is 0 Å². The van der Waals surface area contributed by atoms with Crippen molar-refractivity contribution in [3.05, 3.63) is 24.0 Å². The van der Waals surface area contributed by atoms with E-state index in [1.807, 2.05) is 18.2 Å². The van der Waals surface area contributed by atoms with Gasteiger partial charge in [-0.05, 0) is 43.9 Å². The second-order valence-electron chi connectivity index (χ2n) is 6.19. The summed E-state index contributed by atoms with van der Waals surface area (Å²) >= 11 is 0. The number of benzene rings is 1. The van der Waals surface area contributed by atoms with E-state index in [9.17, 15) is 0 Å². The molecule has 20 heavy (non-hydrogen) atoms. The van der Waals surface area contributed by atoms with Crippen LogP contribution in [0.15, 0.2) is 18.2 Å². The number of hydrogen-bond acceptors (Lipinski definition) is 3. The molecule has 2 fully saturated rings. The molecular weight excluding hydrogens is 250 g/mol. The van der Waals surface area contributed by atoms with Crippen LogP contribution in [-0.2, 0) is 0 Å². The number of H-pyrrole nitrogens is 1. The minimum atomic E-state index is 0.562. The normalized spacial score (nSPS) is 23.6. The summed E-state index contributed by atoms with van der Waals surface area (Å²) in [5.74, 6) is 3.57. The van der Waals surface area contributed by atoms with Crippen LogP contribution in [0.3, 0.4) is 0 Å². The van der Waals surface area contributed by atoms with Crippen molar-refractivity contribution in [3.8, 4) is 5.75 Å². The monoisotopic (exact) mass is 271 g/mol. The fraction of sp³-hybridized carbons (Fsp3) is 0.562. The zero-order valence-corrected chi connectivity index (χ0v) is 11.9. The number of fused-ring (bicyclic) bond motifs is 1. The molecule has 0 amide bonds. The first kappa shape index (κ1) is 12.2. The molecule has 0 spiro atoms. The van der Waals surface area contributed by atoms with E-state index < -0.39 is 0 Å². The third kappa shape index (κ3) is 2.29. The van der Waals surface area contributed by atoms with Gasteiger partial charge >= 0.3 is 0 Å². The average molecular weight is 271 g/mol. The van der Waals surface area contributed by atoms with Crippen molar-refractivity contribution in [2.75, 3.05) is 26.7 Å². The van der Waals surface area contributed by atoms with Crippen LogP contribution in [0, 0.1) is 5.92 Å². The summed E-state index contributed by atoms with van der Waals surface area (Å²) in [5.41, 5.74) is 2.13. The number of ether oxygens (including phenoxy) is 1. The van der Waals surface area contributed by atoms with Crippen molar-refractivity contribution in [1.82, 2.24) is 14.9 Å². The topological polar surface area (TPSA) is 41.1 Å². The Labute approximate surface area is 119 Å². The number of hydrogen-bond donors (Lipinski definition) is 1. The SMILES string of the molecule is COc1ccc2nc([C@H]3CCN(CC4CC4)C3)[nH]c2c1. The van der Waals surface area contributed by atoms with Crippen LogP contribution in [-0.4, -0.2) is 41.6 Å². The highest BCUT2D eigenvalue weighted by Gasteiger charge is 2.30. The minimum absolute atomic E-state index is 0.562. The number of aromatic nitrogens is 2. The van der Waals surface area contributed by atoms with Crippen molar-refractivity contribution in [3.63, 3.8) is 0 Å². The lowest BCUT2D eigenvalue weighted by Gasteiger charge is -2.14. The molecule has 1 aromatic heterocycles. The van der Waals surface area contributed by atoms with E-state index in [-0.39, 0.29) is 0 Å². The predicted octanol–water partition coefficient (Wildman–Crippen LogP) is 2.77. The van der Waals surface area contributed by atoms with Gasteiger partial charge in [0.05, 0.1) is 18.1 Å². The number of nitrogens with one attached hydrogen (secondary N) is 1. The number of nitrogens with zero attached hydrogens (tertiary/aromatic N) is 2. The highest BCUT2D eigenvalue weighted by Crippen LogP contribution is 2.33. The van der Waals surface area contributed by atoms with Gasteiger partial charge in [-0.15, -0.1) is 0 Å². The molecular formula is C16H21N3O. The highest BCUT2D eigenvalue weighted by atomic mass is 16.5. The van der Waals surface area contributed by atoms with Crippen LogP contribution in [0.4, 0.5) is 0 Å². The van der Waals surface area contributed by atoms with Gasteiger partial charge in [-0.1, -0.05) is 0 Å². The van der Waals surface area contributed by atoms with Crippen molar-refractivity contribution in [1.29, 1.82) is 0 Å². The molecule has 1 atom stereocenters. The van der Waals surface area contributed by atoms with Crippen LogP contribution in [0.5, 0.6) is 5.75 Å². The Hall–Kier alpha value is -1.55. The summed E-state index contributed by atoms with van der Waals surface area (Å²) in [5, 5.41) is 0. The molecule has 1 N–H and O–H groups in total. The van der Waals surface area contributed by atoms with E-state index >= 15 is 0 Å². The summed E-state index contributed by atoms with van der Waals surface area (Å²) < 4.78 is 5.27. The molecule has 2 heterocycles. The van der Waals surface area contributed by atoms with E-state index in [4.69, 9.17) is 9.72 Å². The van der Waals surface area contributed by atoms with Gasteiger partial charge in [0.15, 0.2) is 0 Å². The Balaban J connectivity index is 1.53. The summed E-state index contributed by atoms with van der Waals surface area (Å²) in [6.45, 7) is 3.68. The zero-order chi connectivity index (χ0) is 13.5. The Morgan fingerprint density at radius 3 is 3.05 bits per heavy atom. The average Bonchev–Trinajstić information content (AvgIpc) is 3.00. The van der Waals surface area contributed by atoms with Crippen LogP contribution >= 0.6 is 0 Å². The second-order valence-corrected chi connectivity index (χ2v) is 6.19. The molecule has 2 aliphatic rings. The van der Waals surface area contributed by atoms with E-state index in [1.165, 1.54) is 32.4 Å². The maximum atomic E-state index is 5.27. The number of aromatic amines is 1. The number of methoxy groups -OCH3 is 1. The summed E-state index contributed by atoms with van der Waals surface area (Å²) in [7, 11) is 1.70. The van der Waals surface area contributed by atoms with Gasteiger partial charge in [-0.25, -0.2) is 4.98 Å². The molecule has 0 unspecified atom stereocenters. The van der Waals surface area contributed by atoms with Gasteiger partial charge in [0, 0.05) is 25.1 Å². The van der Waals surface area contributed by atoms with E-state index in [0.29, 0.717) is 5.92 Å². The smallest absolute Gasteiger partial charge is 0.121 e. The molecule has 1 saturated heterocycles. The van der Waals surface area contributed by atoms with Gasteiger partial charge in [0.1, 0.15) is 11.6 Å². The lowest BCUT2D eigenvalue weighted by molar-refractivity contribution is 0.319. The fourth-order valence-corrected chi connectivity index (χ4v) is 3.22. The van der Waals surface area contributed by atoms with E-state index in [2.05, 4.69) is 9.88 Å². The number of likely N-dealkylation sites (tertiary alicyclic amines) is 1. The van der Waals surface area contributed by atoms with Crippen molar-refractivity contribution in [2.45, 2.75) is 25.2 Å². The molecule has 0 bridgehead atoms. The molecule has 4 rings (SSSR count). The van der Waals surface area contributed by atoms with Crippen LogP contribution in [0.25, 0.3) is 11.0 Å². The third-order valence-electron chi connectivity index (χ3n) is 4.58. The number of imidazole rings is 1. The molecule has 4 nitrogen and oxygen atoms in total. The van der Waals surface area contributed by atoms with Crippen molar-refractivity contribution >= 4 is 11.0 Å². The lowest BCUT2D eigenvalue weighted by Crippen LogP contribution is -2.22. The van der Waals surface area contributed by atoms with Gasteiger partial charge in [-0.3, -0.25) is 0 Å². The second kappa shape index (κ2) is 4.77. The molecule has 1 saturated carbocycles. The number of rotatable bonds is 4. The zero-order valence-electron chi connectivity index (χ0n) is 11.9. The first-order valence-corrected chi connectivity index (χ1v) is 7.58. The van der Waals surface area contributed by atoms with Crippen molar-refractivity contribution < 1.29 is 4.74 Å². The van der Waals surface area contributed by atoms with Crippen LogP contribution < -0.4 is 4.74 Å². The molecule has 1 aromatic carbocycles.